The number of nitrogens with one attached hydrogen (secondary N) is 1. The van der Waals surface area contributed by atoms with Gasteiger partial charge < -0.3 is 10.4 Å². The molecular formula is C15H20ClNO2. The SMILES string of the molecule is CCC(C)(CO)NC(=O)C=Cc1ccc(C)c(Cl)c1. The van der Waals surface area contributed by atoms with E-state index in [-0.39, 0.29) is 12.5 Å². The van der Waals surface area contributed by atoms with E-state index in [1.165, 1.54) is 6.08 Å². The molecule has 0 spiro atoms. The first kappa shape index (κ1) is 15.7. The fourth-order valence-corrected chi connectivity index (χ4v) is 1.65. The van der Waals surface area contributed by atoms with Crippen LogP contribution < -0.4 is 5.32 Å². The van der Waals surface area contributed by atoms with Crippen LogP contribution in [-0.2, 0) is 4.79 Å². The van der Waals surface area contributed by atoms with Gasteiger partial charge in [-0.25, -0.2) is 0 Å². The van der Waals surface area contributed by atoms with E-state index in [9.17, 15) is 9.90 Å². The van der Waals surface area contributed by atoms with Gasteiger partial charge in [0.15, 0.2) is 0 Å². The number of hydrogen-bond acceptors (Lipinski definition) is 2. The second-order valence-corrected chi connectivity index (χ2v) is 5.31. The van der Waals surface area contributed by atoms with Crippen molar-refractivity contribution >= 4 is 23.6 Å². The molecule has 1 aromatic rings. The van der Waals surface area contributed by atoms with E-state index in [2.05, 4.69) is 5.32 Å². The smallest absolute Gasteiger partial charge is 0.244 e. The summed E-state index contributed by atoms with van der Waals surface area (Å²) in [7, 11) is 0. The summed E-state index contributed by atoms with van der Waals surface area (Å²) in [5.41, 5.74) is 1.29. The summed E-state index contributed by atoms with van der Waals surface area (Å²) in [5, 5.41) is 12.7. The van der Waals surface area contributed by atoms with E-state index >= 15 is 0 Å². The van der Waals surface area contributed by atoms with Gasteiger partial charge in [-0.1, -0.05) is 30.7 Å². The van der Waals surface area contributed by atoms with Crippen molar-refractivity contribution in [2.75, 3.05) is 6.61 Å². The van der Waals surface area contributed by atoms with E-state index in [1.54, 1.807) is 6.08 Å². The molecule has 1 unspecified atom stereocenters. The predicted molar refractivity (Wildman–Crippen MR) is 79.1 cm³/mol. The molecule has 0 fully saturated rings. The number of carbonyl (C=O) groups excluding carboxylic acids is 1. The van der Waals surface area contributed by atoms with Crippen LogP contribution in [0.4, 0.5) is 0 Å². The van der Waals surface area contributed by atoms with Gasteiger partial charge in [0.05, 0.1) is 12.1 Å². The molecule has 1 rings (SSSR count). The molecule has 0 bridgehead atoms. The number of hydrogen-bond donors (Lipinski definition) is 2. The number of aliphatic hydroxyl groups excluding tert-OH is 1. The van der Waals surface area contributed by atoms with E-state index in [0.717, 1.165) is 11.1 Å². The van der Waals surface area contributed by atoms with Crippen molar-refractivity contribution in [3.63, 3.8) is 0 Å². The molecule has 2 N–H and O–H groups in total. The number of rotatable bonds is 5. The summed E-state index contributed by atoms with van der Waals surface area (Å²) in [6.07, 6.45) is 3.82. The van der Waals surface area contributed by atoms with Crippen LogP contribution in [0.2, 0.25) is 5.02 Å². The number of halogens is 1. The van der Waals surface area contributed by atoms with Crippen molar-refractivity contribution < 1.29 is 9.90 Å². The highest BCUT2D eigenvalue weighted by Crippen LogP contribution is 2.17. The Labute approximate surface area is 119 Å². The van der Waals surface area contributed by atoms with Crippen LogP contribution in [0.3, 0.4) is 0 Å². The van der Waals surface area contributed by atoms with Crippen LogP contribution in [0.15, 0.2) is 24.3 Å². The second-order valence-electron chi connectivity index (χ2n) is 4.90. The summed E-state index contributed by atoms with van der Waals surface area (Å²) < 4.78 is 0. The number of carbonyl (C=O) groups is 1. The quantitative estimate of drug-likeness (QED) is 0.815. The van der Waals surface area contributed by atoms with Crippen LogP contribution >= 0.6 is 11.6 Å². The molecule has 0 aliphatic heterocycles. The van der Waals surface area contributed by atoms with E-state index in [1.807, 2.05) is 39.0 Å². The molecule has 1 aromatic carbocycles. The third kappa shape index (κ3) is 4.69. The Bertz CT molecular complexity index is 479. The molecule has 1 atom stereocenters. The fourth-order valence-electron chi connectivity index (χ4n) is 1.46. The van der Waals surface area contributed by atoms with Crippen molar-refractivity contribution in [2.45, 2.75) is 32.7 Å². The lowest BCUT2D eigenvalue weighted by atomic mass is 10.0. The highest BCUT2D eigenvalue weighted by Gasteiger charge is 2.21. The molecule has 0 saturated heterocycles. The minimum absolute atomic E-state index is 0.0839. The monoisotopic (exact) mass is 281 g/mol. The Kier molecular flexibility index (Phi) is 5.58. The Morgan fingerprint density at radius 1 is 1.53 bits per heavy atom. The fraction of sp³-hybridized carbons (Fsp3) is 0.400. The van der Waals surface area contributed by atoms with Crippen molar-refractivity contribution in [1.82, 2.24) is 5.32 Å². The first-order valence-corrected chi connectivity index (χ1v) is 6.65. The van der Waals surface area contributed by atoms with Crippen molar-refractivity contribution in [2.24, 2.45) is 0 Å². The minimum atomic E-state index is -0.577. The molecule has 1 amide bonds. The predicted octanol–water partition coefficient (Wildman–Crippen LogP) is 2.94. The average Bonchev–Trinajstić information content (AvgIpc) is 2.40. The maximum absolute atomic E-state index is 11.8. The molecule has 3 nitrogen and oxygen atoms in total. The highest BCUT2D eigenvalue weighted by molar-refractivity contribution is 6.31. The summed E-state index contributed by atoms with van der Waals surface area (Å²) in [4.78, 5) is 11.8. The molecule has 19 heavy (non-hydrogen) atoms. The maximum atomic E-state index is 11.8. The zero-order valence-corrected chi connectivity index (χ0v) is 12.3. The number of aryl methyl sites for hydroxylation is 1. The summed E-state index contributed by atoms with van der Waals surface area (Å²) in [6.45, 7) is 5.57. The third-order valence-electron chi connectivity index (χ3n) is 3.18. The largest absolute Gasteiger partial charge is 0.394 e. The number of aliphatic hydroxyl groups is 1. The standard InChI is InChI=1S/C15H20ClNO2/c1-4-15(3,10-18)17-14(19)8-7-12-6-5-11(2)13(16)9-12/h5-9,18H,4,10H2,1-3H3,(H,17,19). The normalized spacial score (nSPS) is 14.4. The number of amides is 1. The molecule has 4 heteroatoms. The van der Waals surface area contributed by atoms with Crippen LogP contribution in [-0.4, -0.2) is 23.2 Å². The minimum Gasteiger partial charge on any atom is -0.394 e. The lowest BCUT2D eigenvalue weighted by molar-refractivity contribution is -0.118. The lowest BCUT2D eigenvalue weighted by Crippen LogP contribution is -2.47. The van der Waals surface area contributed by atoms with Gasteiger partial charge in [-0.05, 0) is 43.5 Å². The van der Waals surface area contributed by atoms with Crippen LogP contribution in [0.5, 0.6) is 0 Å². The molecular weight excluding hydrogens is 262 g/mol. The molecule has 0 aliphatic carbocycles. The second kappa shape index (κ2) is 6.73. The first-order valence-electron chi connectivity index (χ1n) is 6.27. The zero-order valence-electron chi connectivity index (χ0n) is 11.5. The molecule has 0 saturated carbocycles. The van der Waals surface area contributed by atoms with Gasteiger partial charge in [-0.3, -0.25) is 4.79 Å². The summed E-state index contributed by atoms with van der Waals surface area (Å²) in [5.74, 6) is -0.227. The number of benzene rings is 1. The third-order valence-corrected chi connectivity index (χ3v) is 3.58. The molecule has 0 aromatic heterocycles. The van der Waals surface area contributed by atoms with Crippen LogP contribution in [0.1, 0.15) is 31.4 Å². The average molecular weight is 282 g/mol. The van der Waals surface area contributed by atoms with Crippen molar-refractivity contribution in [3.8, 4) is 0 Å². The first-order chi connectivity index (χ1) is 8.90. The summed E-state index contributed by atoms with van der Waals surface area (Å²) >= 11 is 6.01. The highest BCUT2D eigenvalue weighted by atomic mass is 35.5. The Hall–Kier alpha value is -1.32. The summed E-state index contributed by atoms with van der Waals surface area (Å²) in [6, 6.07) is 5.62. The van der Waals surface area contributed by atoms with Gasteiger partial charge in [0.1, 0.15) is 0 Å². The maximum Gasteiger partial charge on any atom is 0.244 e. The van der Waals surface area contributed by atoms with Crippen molar-refractivity contribution in [3.05, 3.63) is 40.4 Å². The topological polar surface area (TPSA) is 49.3 Å². The Morgan fingerprint density at radius 2 is 2.21 bits per heavy atom. The zero-order chi connectivity index (χ0) is 14.5. The van der Waals surface area contributed by atoms with Gasteiger partial charge in [0.25, 0.3) is 0 Å². The van der Waals surface area contributed by atoms with Gasteiger partial charge in [-0.2, -0.15) is 0 Å². The molecule has 0 radical (unpaired) electrons. The van der Waals surface area contributed by atoms with E-state index in [4.69, 9.17) is 11.6 Å². The molecule has 0 heterocycles. The Morgan fingerprint density at radius 3 is 2.74 bits per heavy atom. The Balaban J connectivity index is 2.71. The van der Waals surface area contributed by atoms with Crippen molar-refractivity contribution in [1.29, 1.82) is 0 Å². The van der Waals surface area contributed by atoms with Gasteiger partial charge >= 0.3 is 0 Å². The lowest BCUT2D eigenvalue weighted by Gasteiger charge is -2.26. The van der Waals surface area contributed by atoms with Gasteiger partial charge in [0, 0.05) is 11.1 Å². The van der Waals surface area contributed by atoms with Crippen LogP contribution in [0, 0.1) is 6.92 Å². The van der Waals surface area contributed by atoms with E-state index in [0.29, 0.717) is 11.4 Å². The molecule has 104 valence electrons. The van der Waals surface area contributed by atoms with Gasteiger partial charge in [0.2, 0.25) is 5.91 Å². The van der Waals surface area contributed by atoms with Gasteiger partial charge in [-0.15, -0.1) is 0 Å². The van der Waals surface area contributed by atoms with E-state index < -0.39 is 5.54 Å². The van der Waals surface area contributed by atoms with Crippen LogP contribution in [0.25, 0.3) is 6.08 Å². The molecule has 0 aliphatic rings.